The number of dihydropyridines is 1. The minimum Gasteiger partial charge on any atom is -0.466 e. The first-order valence-corrected chi connectivity index (χ1v) is 8.84. The van der Waals surface area contributed by atoms with Crippen LogP contribution in [0.25, 0.3) is 16.5 Å². The number of fused-ring (bicyclic) bond motifs is 1. The molecule has 0 radical (unpaired) electrons. The number of aromatic amines is 1. The highest BCUT2D eigenvalue weighted by molar-refractivity contribution is 5.98. The summed E-state index contributed by atoms with van der Waals surface area (Å²) in [6.07, 6.45) is 5.50. The van der Waals surface area contributed by atoms with Crippen LogP contribution in [0.3, 0.4) is 0 Å². The molecule has 0 saturated carbocycles. The van der Waals surface area contributed by atoms with Gasteiger partial charge in [-0.25, -0.2) is 4.79 Å². The Kier molecular flexibility index (Phi) is 4.28. The average Bonchev–Trinajstić information content (AvgIpc) is 3.15. The molecule has 3 heterocycles. The van der Waals surface area contributed by atoms with E-state index < -0.39 is 0 Å². The number of ether oxygens (including phenoxy) is 1. The van der Waals surface area contributed by atoms with E-state index in [1.807, 2.05) is 50.5 Å². The van der Waals surface area contributed by atoms with Gasteiger partial charge in [-0.2, -0.15) is 0 Å². The van der Waals surface area contributed by atoms with Gasteiger partial charge in [0.1, 0.15) is 0 Å². The number of esters is 1. The monoisotopic (exact) mass is 359 g/mol. The molecule has 1 aromatic carbocycles. The second-order valence-electron chi connectivity index (χ2n) is 6.69. The van der Waals surface area contributed by atoms with Gasteiger partial charge in [0, 0.05) is 41.4 Å². The maximum absolute atomic E-state index is 12.7. The molecule has 1 atom stereocenters. The predicted octanol–water partition coefficient (Wildman–Crippen LogP) is 4.13. The Bertz CT molecular complexity index is 1080. The lowest BCUT2D eigenvalue weighted by Gasteiger charge is -2.31. The summed E-state index contributed by atoms with van der Waals surface area (Å²) in [4.78, 5) is 20.2. The van der Waals surface area contributed by atoms with Crippen LogP contribution < -0.4 is 5.32 Å². The molecule has 0 bridgehead atoms. The lowest BCUT2D eigenvalue weighted by molar-refractivity contribution is -0.136. The van der Waals surface area contributed by atoms with Gasteiger partial charge in [0.2, 0.25) is 0 Å². The van der Waals surface area contributed by atoms with E-state index in [-0.39, 0.29) is 11.9 Å². The number of rotatable bonds is 3. The fourth-order valence-corrected chi connectivity index (χ4v) is 3.86. The standard InChI is InChI=1S/C22H21N3O2/c1-13-19(17-5-4-9-23-12-17)21(20(14(2)25-13)22(26)27-3)16-6-7-18-15(11-16)8-10-24-18/h4-12,21,24-25H,1-3H3. The van der Waals surface area contributed by atoms with Gasteiger partial charge in [-0.1, -0.05) is 12.1 Å². The Morgan fingerprint density at radius 3 is 2.74 bits per heavy atom. The van der Waals surface area contributed by atoms with E-state index in [2.05, 4.69) is 27.4 Å². The summed E-state index contributed by atoms with van der Waals surface area (Å²) in [7, 11) is 1.42. The van der Waals surface area contributed by atoms with Gasteiger partial charge >= 0.3 is 5.97 Å². The van der Waals surface area contributed by atoms with Gasteiger partial charge in [0.05, 0.1) is 12.7 Å². The van der Waals surface area contributed by atoms with E-state index >= 15 is 0 Å². The second kappa shape index (κ2) is 6.76. The molecule has 2 aromatic heterocycles. The smallest absolute Gasteiger partial charge is 0.336 e. The van der Waals surface area contributed by atoms with E-state index in [0.29, 0.717) is 5.57 Å². The number of carbonyl (C=O) groups is 1. The Balaban J connectivity index is 1.96. The van der Waals surface area contributed by atoms with Crippen molar-refractivity contribution in [3.63, 3.8) is 0 Å². The molecule has 2 N–H and O–H groups in total. The molecule has 0 amide bonds. The maximum atomic E-state index is 12.7. The number of allylic oxidation sites excluding steroid dienone is 3. The van der Waals surface area contributed by atoms with Gasteiger partial charge in [-0.3, -0.25) is 4.98 Å². The first-order chi connectivity index (χ1) is 13.1. The highest BCUT2D eigenvalue weighted by Crippen LogP contribution is 2.43. The average molecular weight is 359 g/mol. The zero-order chi connectivity index (χ0) is 19.0. The zero-order valence-corrected chi connectivity index (χ0v) is 15.5. The van der Waals surface area contributed by atoms with E-state index in [1.54, 1.807) is 6.20 Å². The number of H-pyrrole nitrogens is 1. The van der Waals surface area contributed by atoms with Crippen LogP contribution in [0.4, 0.5) is 0 Å². The molecule has 0 fully saturated rings. The number of benzene rings is 1. The molecular weight excluding hydrogens is 338 g/mol. The van der Waals surface area contributed by atoms with Crippen molar-refractivity contribution >= 4 is 22.4 Å². The normalized spacial score (nSPS) is 17.2. The van der Waals surface area contributed by atoms with Crippen molar-refractivity contribution in [3.05, 3.63) is 83.1 Å². The van der Waals surface area contributed by atoms with Gasteiger partial charge in [-0.05, 0) is 60.2 Å². The topological polar surface area (TPSA) is 67.0 Å². The Morgan fingerprint density at radius 2 is 2.00 bits per heavy atom. The van der Waals surface area contributed by atoms with Crippen molar-refractivity contribution in [1.29, 1.82) is 0 Å². The first kappa shape index (κ1) is 17.1. The van der Waals surface area contributed by atoms with Crippen molar-refractivity contribution < 1.29 is 9.53 Å². The second-order valence-corrected chi connectivity index (χ2v) is 6.69. The summed E-state index contributed by atoms with van der Waals surface area (Å²) in [6.45, 7) is 3.94. The Morgan fingerprint density at radius 1 is 1.15 bits per heavy atom. The third-order valence-electron chi connectivity index (χ3n) is 5.05. The molecule has 1 aliphatic rings. The Labute approximate surface area is 157 Å². The summed E-state index contributed by atoms with van der Waals surface area (Å²) in [5.74, 6) is -0.560. The SMILES string of the molecule is COC(=O)C1=C(C)NC(C)=C(c2cccnc2)C1c1ccc2[nH]ccc2c1. The van der Waals surface area contributed by atoms with Crippen LogP contribution in [0.5, 0.6) is 0 Å². The molecule has 5 nitrogen and oxygen atoms in total. The van der Waals surface area contributed by atoms with Crippen molar-refractivity contribution in [1.82, 2.24) is 15.3 Å². The van der Waals surface area contributed by atoms with Crippen LogP contribution in [-0.2, 0) is 9.53 Å². The quantitative estimate of drug-likeness (QED) is 0.690. The van der Waals surface area contributed by atoms with Crippen LogP contribution in [0.15, 0.2) is 72.0 Å². The first-order valence-electron chi connectivity index (χ1n) is 8.84. The molecule has 1 unspecified atom stereocenters. The van der Waals surface area contributed by atoms with Crippen LogP contribution >= 0.6 is 0 Å². The summed E-state index contributed by atoms with van der Waals surface area (Å²) in [5, 5.41) is 4.46. The molecule has 4 rings (SSSR count). The molecule has 27 heavy (non-hydrogen) atoms. The third-order valence-corrected chi connectivity index (χ3v) is 5.05. The molecule has 0 saturated heterocycles. The van der Waals surface area contributed by atoms with Gasteiger partial charge in [-0.15, -0.1) is 0 Å². The number of pyridine rings is 1. The zero-order valence-electron chi connectivity index (χ0n) is 15.5. The van der Waals surface area contributed by atoms with E-state index in [9.17, 15) is 4.79 Å². The molecular formula is C22H21N3O2. The number of aromatic nitrogens is 2. The molecule has 1 aliphatic heterocycles. The summed E-state index contributed by atoms with van der Waals surface area (Å²) >= 11 is 0. The van der Waals surface area contributed by atoms with Crippen molar-refractivity contribution in [2.75, 3.05) is 7.11 Å². The van der Waals surface area contributed by atoms with Crippen LogP contribution in [0.1, 0.15) is 30.9 Å². The lowest BCUT2D eigenvalue weighted by Crippen LogP contribution is -2.28. The largest absolute Gasteiger partial charge is 0.466 e. The summed E-state index contributed by atoms with van der Waals surface area (Å²) in [5.41, 5.74) is 6.56. The molecule has 0 aliphatic carbocycles. The van der Waals surface area contributed by atoms with Crippen LogP contribution in [0, 0.1) is 0 Å². The van der Waals surface area contributed by atoms with Crippen LogP contribution in [-0.4, -0.2) is 23.0 Å². The summed E-state index contributed by atoms with van der Waals surface area (Å²) in [6, 6.07) is 12.2. The van der Waals surface area contributed by atoms with Gasteiger partial charge in [0.25, 0.3) is 0 Å². The number of carbonyl (C=O) groups excluding carboxylic acids is 1. The van der Waals surface area contributed by atoms with E-state index in [4.69, 9.17) is 4.74 Å². The number of nitrogens with zero attached hydrogens (tertiary/aromatic N) is 1. The van der Waals surface area contributed by atoms with Crippen molar-refractivity contribution in [3.8, 4) is 0 Å². The minimum absolute atomic E-state index is 0.234. The predicted molar refractivity (Wildman–Crippen MR) is 106 cm³/mol. The van der Waals surface area contributed by atoms with E-state index in [1.165, 1.54) is 7.11 Å². The Hall–Kier alpha value is -3.34. The van der Waals surface area contributed by atoms with E-state index in [0.717, 1.165) is 39.0 Å². The van der Waals surface area contributed by atoms with Crippen molar-refractivity contribution in [2.24, 2.45) is 0 Å². The summed E-state index contributed by atoms with van der Waals surface area (Å²) < 4.78 is 5.12. The highest BCUT2D eigenvalue weighted by Gasteiger charge is 2.34. The maximum Gasteiger partial charge on any atom is 0.336 e. The minimum atomic E-state index is -0.326. The van der Waals surface area contributed by atoms with Crippen LogP contribution in [0.2, 0.25) is 0 Å². The highest BCUT2D eigenvalue weighted by atomic mass is 16.5. The fraction of sp³-hybridized carbons (Fsp3) is 0.182. The van der Waals surface area contributed by atoms with Crippen molar-refractivity contribution in [2.45, 2.75) is 19.8 Å². The fourth-order valence-electron chi connectivity index (χ4n) is 3.86. The number of hydrogen-bond acceptors (Lipinski definition) is 4. The van der Waals surface area contributed by atoms with Gasteiger partial charge in [0.15, 0.2) is 0 Å². The molecule has 136 valence electrons. The third kappa shape index (κ3) is 2.91. The number of nitrogens with one attached hydrogen (secondary N) is 2. The molecule has 3 aromatic rings. The van der Waals surface area contributed by atoms with Gasteiger partial charge < -0.3 is 15.0 Å². The number of methoxy groups -OCH3 is 1. The molecule has 5 heteroatoms. The molecule has 0 spiro atoms. The lowest BCUT2D eigenvalue weighted by atomic mass is 9.78. The number of hydrogen-bond donors (Lipinski definition) is 2.